The summed E-state index contributed by atoms with van der Waals surface area (Å²) in [4.78, 5) is 19.2. The zero-order chi connectivity index (χ0) is 13.4. The fraction of sp³-hybridized carbons (Fsp3) is 0.0667. The number of benzene rings is 1. The molecule has 3 rings (SSSR count). The monoisotopic (exact) mass is 270 g/mol. The van der Waals surface area contributed by atoms with Crippen LogP contribution >= 0.6 is 11.6 Å². The highest BCUT2D eigenvalue weighted by atomic mass is 35.5. The van der Waals surface area contributed by atoms with Gasteiger partial charge >= 0.3 is 0 Å². The second-order valence-corrected chi connectivity index (χ2v) is 4.76. The lowest BCUT2D eigenvalue weighted by Crippen LogP contribution is -2.09. The van der Waals surface area contributed by atoms with E-state index in [9.17, 15) is 4.79 Å². The molecule has 0 fully saturated rings. The van der Waals surface area contributed by atoms with Crippen molar-refractivity contribution in [1.82, 2.24) is 9.97 Å². The third kappa shape index (κ3) is 2.13. The number of aromatic nitrogens is 2. The second-order valence-electron chi connectivity index (χ2n) is 4.37. The summed E-state index contributed by atoms with van der Waals surface area (Å²) < 4.78 is 0. The molecule has 0 saturated carbocycles. The van der Waals surface area contributed by atoms with Crippen LogP contribution in [-0.2, 0) is 0 Å². The molecule has 19 heavy (non-hydrogen) atoms. The minimum atomic E-state index is -0.125. The lowest BCUT2D eigenvalue weighted by atomic mass is 10.0. The number of rotatable bonds is 1. The van der Waals surface area contributed by atoms with E-state index >= 15 is 0 Å². The molecule has 0 aliphatic heterocycles. The van der Waals surface area contributed by atoms with E-state index in [4.69, 9.17) is 11.6 Å². The van der Waals surface area contributed by atoms with Crippen LogP contribution in [-0.4, -0.2) is 9.97 Å². The number of halogens is 1. The summed E-state index contributed by atoms with van der Waals surface area (Å²) in [5.41, 5.74) is 2.92. The van der Waals surface area contributed by atoms with Crippen molar-refractivity contribution in [2.24, 2.45) is 0 Å². The molecular weight excluding hydrogens is 260 g/mol. The second kappa shape index (κ2) is 4.52. The molecule has 0 saturated heterocycles. The van der Waals surface area contributed by atoms with Crippen LogP contribution in [0.15, 0.2) is 47.3 Å². The minimum Gasteiger partial charge on any atom is -0.321 e. The zero-order valence-corrected chi connectivity index (χ0v) is 11.0. The summed E-state index contributed by atoms with van der Waals surface area (Å²) in [5, 5.41) is 1.29. The first-order valence-electron chi connectivity index (χ1n) is 5.91. The fourth-order valence-electron chi connectivity index (χ4n) is 2.16. The average Bonchev–Trinajstić information content (AvgIpc) is 2.38. The van der Waals surface area contributed by atoms with Gasteiger partial charge in [-0.3, -0.25) is 4.79 Å². The van der Waals surface area contributed by atoms with Gasteiger partial charge in [0.05, 0.1) is 5.52 Å². The highest BCUT2D eigenvalue weighted by Crippen LogP contribution is 2.22. The highest BCUT2D eigenvalue weighted by molar-refractivity contribution is 6.30. The van der Waals surface area contributed by atoms with Crippen LogP contribution in [0, 0.1) is 6.92 Å². The number of aryl methyl sites for hydroxylation is 1. The molecule has 0 aliphatic carbocycles. The van der Waals surface area contributed by atoms with Crippen molar-refractivity contribution >= 4 is 22.5 Å². The van der Waals surface area contributed by atoms with Crippen molar-refractivity contribution in [2.75, 3.05) is 0 Å². The van der Waals surface area contributed by atoms with Gasteiger partial charge in [0.15, 0.2) is 0 Å². The Kier molecular flexibility index (Phi) is 2.84. The maximum Gasteiger partial charge on any atom is 0.256 e. The predicted octanol–water partition coefficient (Wildman–Crippen LogP) is 3.55. The summed E-state index contributed by atoms with van der Waals surface area (Å²) in [6, 6.07) is 13.1. The van der Waals surface area contributed by atoms with E-state index < -0.39 is 0 Å². The Bertz CT molecular complexity index is 809. The number of hydrogen-bond acceptors (Lipinski definition) is 2. The summed E-state index contributed by atoms with van der Waals surface area (Å²) in [6.45, 7) is 1.88. The number of nitrogens with one attached hydrogen (secondary N) is 1. The van der Waals surface area contributed by atoms with Crippen LogP contribution in [0.3, 0.4) is 0 Å². The number of nitrogens with zero attached hydrogens (tertiary/aromatic N) is 1. The van der Waals surface area contributed by atoms with Crippen LogP contribution in [0.4, 0.5) is 0 Å². The Morgan fingerprint density at radius 3 is 2.63 bits per heavy atom. The number of H-pyrrole nitrogens is 1. The van der Waals surface area contributed by atoms with E-state index in [2.05, 4.69) is 9.97 Å². The normalized spacial score (nSPS) is 10.8. The van der Waals surface area contributed by atoms with E-state index in [-0.39, 0.29) is 5.56 Å². The summed E-state index contributed by atoms with van der Waals surface area (Å²) in [7, 11) is 0. The third-order valence-corrected chi connectivity index (χ3v) is 3.28. The molecular formula is C15H11ClN2O. The van der Waals surface area contributed by atoms with Gasteiger partial charge in [-0.25, -0.2) is 4.98 Å². The third-order valence-electron chi connectivity index (χ3n) is 3.08. The number of fused-ring (bicyclic) bond motifs is 1. The quantitative estimate of drug-likeness (QED) is 0.687. The smallest absolute Gasteiger partial charge is 0.256 e. The first-order valence-corrected chi connectivity index (χ1v) is 6.28. The molecule has 0 aliphatic rings. The van der Waals surface area contributed by atoms with Gasteiger partial charge in [-0.2, -0.15) is 0 Å². The average molecular weight is 271 g/mol. The molecule has 3 aromatic rings. The van der Waals surface area contributed by atoms with E-state index in [1.807, 2.05) is 43.3 Å². The Balaban J connectivity index is 2.34. The van der Waals surface area contributed by atoms with E-state index in [1.54, 1.807) is 6.07 Å². The van der Waals surface area contributed by atoms with Crippen LogP contribution < -0.4 is 5.56 Å². The summed E-state index contributed by atoms with van der Waals surface area (Å²) >= 11 is 5.90. The molecule has 1 N–H and O–H groups in total. The Hall–Kier alpha value is -2.13. The molecule has 3 nitrogen and oxygen atoms in total. The molecule has 0 amide bonds. The van der Waals surface area contributed by atoms with Crippen molar-refractivity contribution in [3.63, 3.8) is 0 Å². The molecule has 1 aromatic carbocycles. The Labute approximate surface area is 114 Å². The first-order chi connectivity index (χ1) is 9.15. The molecule has 94 valence electrons. The highest BCUT2D eigenvalue weighted by Gasteiger charge is 2.08. The SMILES string of the molecule is Cc1nc(Cl)cc2[nH]c(=O)c(-c3ccccc3)cc12. The molecule has 0 atom stereocenters. The largest absolute Gasteiger partial charge is 0.321 e. The predicted molar refractivity (Wildman–Crippen MR) is 77.5 cm³/mol. The molecule has 0 unspecified atom stereocenters. The van der Waals surface area contributed by atoms with Crippen LogP contribution in [0.2, 0.25) is 5.15 Å². The first kappa shape index (κ1) is 11.9. The van der Waals surface area contributed by atoms with E-state index in [1.165, 1.54) is 0 Å². The minimum absolute atomic E-state index is 0.125. The van der Waals surface area contributed by atoms with Gasteiger partial charge in [-0.05, 0) is 24.6 Å². The topological polar surface area (TPSA) is 45.8 Å². The Morgan fingerprint density at radius 1 is 1.16 bits per heavy atom. The summed E-state index contributed by atoms with van der Waals surface area (Å²) in [5.74, 6) is 0. The number of hydrogen-bond donors (Lipinski definition) is 1. The van der Waals surface area contributed by atoms with Crippen LogP contribution in [0.25, 0.3) is 22.0 Å². The molecule has 0 bridgehead atoms. The van der Waals surface area contributed by atoms with Gasteiger partial charge in [-0.15, -0.1) is 0 Å². The fourth-order valence-corrected chi connectivity index (χ4v) is 2.40. The van der Waals surface area contributed by atoms with Crippen molar-refractivity contribution in [3.8, 4) is 11.1 Å². The van der Waals surface area contributed by atoms with Gasteiger partial charge in [0.1, 0.15) is 5.15 Å². The number of aromatic amines is 1. The summed E-state index contributed by atoms with van der Waals surface area (Å²) in [6.07, 6.45) is 0. The molecule has 4 heteroatoms. The number of pyridine rings is 2. The van der Waals surface area contributed by atoms with Crippen LogP contribution in [0.5, 0.6) is 0 Å². The van der Waals surface area contributed by atoms with Crippen molar-refractivity contribution in [2.45, 2.75) is 6.92 Å². The maximum absolute atomic E-state index is 12.1. The standard InChI is InChI=1S/C15H11ClN2O/c1-9-11-7-12(10-5-3-2-4-6-10)15(19)18-13(11)8-14(16)17-9/h2-8H,1H3,(H,18,19). The lowest BCUT2D eigenvalue weighted by Gasteiger charge is -2.06. The lowest BCUT2D eigenvalue weighted by molar-refractivity contribution is 1.21. The van der Waals surface area contributed by atoms with Crippen molar-refractivity contribution in [1.29, 1.82) is 0 Å². The molecule has 2 heterocycles. The van der Waals surface area contributed by atoms with Gasteiger partial charge in [0.25, 0.3) is 5.56 Å². The van der Waals surface area contributed by atoms with Crippen molar-refractivity contribution in [3.05, 3.63) is 63.7 Å². The molecule has 0 spiro atoms. The van der Waals surface area contributed by atoms with Crippen molar-refractivity contribution < 1.29 is 0 Å². The van der Waals surface area contributed by atoms with Gasteiger partial charge in [0, 0.05) is 16.6 Å². The van der Waals surface area contributed by atoms with E-state index in [0.29, 0.717) is 16.2 Å². The Morgan fingerprint density at radius 2 is 1.89 bits per heavy atom. The van der Waals surface area contributed by atoms with Gasteiger partial charge < -0.3 is 4.98 Å². The zero-order valence-electron chi connectivity index (χ0n) is 10.3. The van der Waals surface area contributed by atoms with Gasteiger partial charge in [0.2, 0.25) is 0 Å². The molecule has 0 radical (unpaired) electrons. The molecule has 2 aromatic heterocycles. The maximum atomic E-state index is 12.1. The van der Waals surface area contributed by atoms with Gasteiger partial charge in [-0.1, -0.05) is 41.9 Å². The van der Waals surface area contributed by atoms with Crippen LogP contribution in [0.1, 0.15) is 5.69 Å². The van der Waals surface area contributed by atoms with E-state index in [0.717, 1.165) is 16.6 Å².